The minimum atomic E-state index is 0.694. The molecule has 0 saturated carbocycles. The first-order chi connectivity index (χ1) is 27.2. The van der Waals surface area contributed by atoms with Crippen LogP contribution in [0.3, 0.4) is 0 Å². The van der Waals surface area contributed by atoms with Crippen LogP contribution < -0.4 is 0 Å². The van der Waals surface area contributed by atoms with E-state index in [0.29, 0.717) is 5.82 Å². The summed E-state index contributed by atoms with van der Waals surface area (Å²) in [5.74, 6) is 0.694. The van der Waals surface area contributed by atoms with Gasteiger partial charge >= 0.3 is 0 Å². The highest BCUT2D eigenvalue weighted by Gasteiger charge is 2.16. The van der Waals surface area contributed by atoms with Gasteiger partial charge < -0.3 is 4.42 Å². The first-order valence-electron chi connectivity index (χ1n) is 18.6. The molecule has 0 amide bonds. The van der Waals surface area contributed by atoms with Gasteiger partial charge in [-0.05, 0) is 84.9 Å². The topological polar surface area (TPSA) is 38.9 Å². The van der Waals surface area contributed by atoms with Gasteiger partial charge in [-0.15, -0.1) is 0 Å². The molecule has 0 atom stereocenters. The van der Waals surface area contributed by atoms with Crippen LogP contribution in [0.5, 0.6) is 0 Å². The average Bonchev–Trinajstić information content (AvgIpc) is 3.65. The monoisotopic (exact) mass is 700 g/mol. The summed E-state index contributed by atoms with van der Waals surface area (Å²) in [6.45, 7) is 0. The second-order valence-electron chi connectivity index (χ2n) is 14.1. The van der Waals surface area contributed by atoms with Crippen molar-refractivity contribution in [3.63, 3.8) is 0 Å². The van der Waals surface area contributed by atoms with Crippen LogP contribution in [0, 0.1) is 0 Å². The Morgan fingerprint density at radius 2 is 0.964 bits per heavy atom. The lowest BCUT2D eigenvalue weighted by Crippen LogP contribution is -1.96. The van der Waals surface area contributed by atoms with E-state index >= 15 is 0 Å². The highest BCUT2D eigenvalue weighted by molar-refractivity contribution is 6.20. The molecule has 0 saturated heterocycles. The number of para-hydroxylation sites is 1. The van der Waals surface area contributed by atoms with Gasteiger partial charge in [-0.3, -0.25) is 0 Å². The third kappa shape index (κ3) is 5.28. The lowest BCUT2D eigenvalue weighted by atomic mass is 9.89. The van der Waals surface area contributed by atoms with E-state index in [1.165, 1.54) is 37.9 Å². The minimum Gasteiger partial charge on any atom is -0.456 e. The molecule has 3 heteroatoms. The molecule has 0 aliphatic rings. The summed E-state index contributed by atoms with van der Waals surface area (Å²) >= 11 is 0. The standard InChI is InChI=1S/C52H32N2O/c1-2-13-36(14-3-1)52-53-46(35-26-24-34(25-27-35)41-21-11-23-49-51(41)44-20-8-9-22-48(44)55-49)32-47(54-52)38-16-10-17-39(30-38)50-42-19-7-5-15-37(42)31-45-40-18-6-4-12-33(40)28-29-43(45)50/h1-32H. The molecular formula is C52H32N2O. The van der Waals surface area contributed by atoms with Gasteiger partial charge in [-0.2, -0.15) is 0 Å². The third-order valence-electron chi connectivity index (χ3n) is 10.9. The van der Waals surface area contributed by atoms with Crippen molar-refractivity contribution in [2.75, 3.05) is 0 Å². The van der Waals surface area contributed by atoms with E-state index in [1.807, 2.05) is 36.4 Å². The molecule has 0 aliphatic heterocycles. The molecule has 0 bridgehead atoms. The number of fused-ring (bicyclic) bond motifs is 7. The molecule has 0 spiro atoms. The van der Waals surface area contributed by atoms with E-state index in [9.17, 15) is 0 Å². The molecule has 2 heterocycles. The van der Waals surface area contributed by atoms with Crippen LogP contribution in [-0.4, -0.2) is 9.97 Å². The fourth-order valence-corrected chi connectivity index (χ4v) is 8.26. The van der Waals surface area contributed by atoms with Gasteiger partial charge in [0.05, 0.1) is 11.4 Å². The van der Waals surface area contributed by atoms with Gasteiger partial charge in [0.25, 0.3) is 0 Å². The highest BCUT2D eigenvalue weighted by Crippen LogP contribution is 2.41. The molecule has 0 unspecified atom stereocenters. The smallest absolute Gasteiger partial charge is 0.160 e. The SMILES string of the molecule is c1ccc(-c2nc(-c3ccc(-c4cccc5oc6ccccc6c45)cc3)cc(-c3cccc(-c4c5ccccc5cc5c4ccc4ccccc45)c3)n2)cc1. The van der Waals surface area contributed by atoms with Crippen LogP contribution in [0.25, 0.3) is 110 Å². The summed E-state index contributed by atoms with van der Waals surface area (Å²) in [5.41, 5.74) is 11.2. The zero-order valence-corrected chi connectivity index (χ0v) is 29.8. The van der Waals surface area contributed by atoms with Crippen molar-refractivity contribution < 1.29 is 4.42 Å². The molecule has 11 rings (SSSR count). The second-order valence-corrected chi connectivity index (χ2v) is 14.1. The summed E-state index contributed by atoms with van der Waals surface area (Å²) < 4.78 is 6.20. The largest absolute Gasteiger partial charge is 0.456 e. The van der Waals surface area contributed by atoms with Crippen molar-refractivity contribution >= 4 is 54.3 Å². The normalized spacial score (nSPS) is 11.6. The Kier molecular flexibility index (Phi) is 7.17. The Morgan fingerprint density at radius 1 is 0.327 bits per heavy atom. The van der Waals surface area contributed by atoms with Crippen LogP contribution in [0.4, 0.5) is 0 Å². The molecule has 0 fully saturated rings. The van der Waals surface area contributed by atoms with E-state index in [0.717, 1.165) is 66.7 Å². The predicted molar refractivity (Wildman–Crippen MR) is 229 cm³/mol. The van der Waals surface area contributed by atoms with E-state index in [4.69, 9.17) is 14.4 Å². The molecule has 55 heavy (non-hydrogen) atoms. The van der Waals surface area contributed by atoms with E-state index < -0.39 is 0 Å². The van der Waals surface area contributed by atoms with Gasteiger partial charge in [-0.25, -0.2) is 9.97 Å². The van der Waals surface area contributed by atoms with Crippen LogP contribution in [0.2, 0.25) is 0 Å². The highest BCUT2D eigenvalue weighted by atomic mass is 16.3. The average molecular weight is 701 g/mol. The third-order valence-corrected chi connectivity index (χ3v) is 10.9. The lowest BCUT2D eigenvalue weighted by molar-refractivity contribution is 0.669. The molecule has 256 valence electrons. The Hall–Kier alpha value is -7.36. The van der Waals surface area contributed by atoms with Crippen molar-refractivity contribution in [2.45, 2.75) is 0 Å². The van der Waals surface area contributed by atoms with E-state index in [1.54, 1.807) is 0 Å². The fraction of sp³-hybridized carbons (Fsp3) is 0. The van der Waals surface area contributed by atoms with Gasteiger partial charge in [0.15, 0.2) is 5.82 Å². The maximum Gasteiger partial charge on any atom is 0.160 e. The quantitative estimate of drug-likeness (QED) is 0.133. The van der Waals surface area contributed by atoms with Crippen LogP contribution >= 0.6 is 0 Å². The first kappa shape index (κ1) is 31.2. The summed E-state index contributed by atoms with van der Waals surface area (Å²) in [4.78, 5) is 10.4. The van der Waals surface area contributed by atoms with Crippen LogP contribution in [0.1, 0.15) is 0 Å². The van der Waals surface area contributed by atoms with Gasteiger partial charge in [-0.1, -0.05) is 164 Å². The number of furan rings is 1. The maximum atomic E-state index is 6.20. The molecule has 0 N–H and O–H groups in total. The second kappa shape index (κ2) is 12.6. The number of rotatable bonds is 5. The number of hydrogen-bond acceptors (Lipinski definition) is 3. The first-order valence-corrected chi connectivity index (χ1v) is 18.6. The maximum absolute atomic E-state index is 6.20. The van der Waals surface area contributed by atoms with Crippen LogP contribution in [0.15, 0.2) is 199 Å². The van der Waals surface area contributed by atoms with Gasteiger partial charge in [0.2, 0.25) is 0 Å². The van der Waals surface area contributed by atoms with Crippen molar-refractivity contribution in [1.82, 2.24) is 9.97 Å². The van der Waals surface area contributed by atoms with Crippen molar-refractivity contribution in [3.8, 4) is 56.2 Å². The van der Waals surface area contributed by atoms with E-state index in [-0.39, 0.29) is 0 Å². The van der Waals surface area contributed by atoms with Crippen molar-refractivity contribution in [2.24, 2.45) is 0 Å². The number of benzene rings is 9. The van der Waals surface area contributed by atoms with Crippen molar-refractivity contribution in [3.05, 3.63) is 194 Å². The summed E-state index contributed by atoms with van der Waals surface area (Å²) in [5, 5.41) is 9.71. The van der Waals surface area contributed by atoms with E-state index in [2.05, 4.69) is 158 Å². The zero-order valence-electron chi connectivity index (χ0n) is 29.8. The molecule has 0 aliphatic carbocycles. The Balaban J connectivity index is 1.06. The zero-order chi connectivity index (χ0) is 36.3. The number of nitrogens with zero attached hydrogens (tertiary/aromatic N) is 2. The lowest BCUT2D eigenvalue weighted by Gasteiger charge is -2.15. The van der Waals surface area contributed by atoms with Gasteiger partial charge in [0, 0.05) is 27.5 Å². The molecule has 3 nitrogen and oxygen atoms in total. The minimum absolute atomic E-state index is 0.694. The Bertz CT molecular complexity index is 3250. The molecule has 0 radical (unpaired) electrons. The molecule has 2 aromatic heterocycles. The fourth-order valence-electron chi connectivity index (χ4n) is 8.26. The Morgan fingerprint density at radius 3 is 1.82 bits per heavy atom. The summed E-state index contributed by atoms with van der Waals surface area (Å²) in [6, 6.07) is 68.7. The summed E-state index contributed by atoms with van der Waals surface area (Å²) in [7, 11) is 0. The molecular weight excluding hydrogens is 669 g/mol. The number of aromatic nitrogens is 2. The Labute approximate surface area is 317 Å². The predicted octanol–water partition coefficient (Wildman–Crippen LogP) is 14.2. The number of hydrogen-bond donors (Lipinski definition) is 0. The summed E-state index contributed by atoms with van der Waals surface area (Å²) in [6.07, 6.45) is 0. The molecule has 9 aromatic carbocycles. The molecule has 11 aromatic rings. The van der Waals surface area contributed by atoms with Crippen molar-refractivity contribution in [1.29, 1.82) is 0 Å². The van der Waals surface area contributed by atoms with Gasteiger partial charge in [0.1, 0.15) is 11.2 Å². The van der Waals surface area contributed by atoms with Crippen LogP contribution in [-0.2, 0) is 0 Å².